The summed E-state index contributed by atoms with van der Waals surface area (Å²) in [6.07, 6.45) is 4.90. The maximum atomic E-state index is 12.0. The molecule has 0 amide bonds. The van der Waals surface area contributed by atoms with E-state index in [2.05, 4.69) is 33.9 Å². The first-order valence-corrected chi connectivity index (χ1v) is 6.96. The van der Waals surface area contributed by atoms with Gasteiger partial charge in [-0.2, -0.15) is 0 Å². The van der Waals surface area contributed by atoms with Gasteiger partial charge in [0.15, 0.2) is 5.76 Å². The molecule has 2 saturated carbocycles. The Kier molecular flexibility index (Phi) is 3.50. The molecule has 106 valence electrons. The fraction of sp³-hybridized carbons (Fsp3) is 0.688. The maximum Gasteiger partial charge on any atom is 0.373 e. The average molecular weight is 264 g/mol. The first kappa shape index (κ1) is 14.2. The predicted octanol–water partition coefficient (Wildman–Crippen LogP) is 3.46. The van der Waals surface area contributed by atoms with Crippen molar-refractivity contribution in [3.05, 3.63) is 25.0 Å². The lowest BCUT2D eigenvalue weighted by Gasteiger charge is -2.38. The summed E-state index contributed by atoms with van der Waals surface area (Å²) in [6, 6.07) is 0. The zero-order valence-electron chi connectivity index (χ0n) is 12.2. The topological polar surface area (TPSA) is 35.5 Å². The van der Waals surface area contributed by atoms with E-state index in [1.807, 2.05) is 0 Å². The van der Waals surface area contributed by atoms with E-state index in [0.717, 1.165) is 12.8 Å². The molecule has 3 unspecified atom stereocenters. The van der Waals surface area contributed by atoms with Crippen LogP contribution < -0.4 is 0 Å². The van der Waals surface area contributed by atoms with Crippen LogP contribution in [0.2, 0.25) is 0 Å². The van der Waals surface area contributed by atoms with E-state index >= 15 is 0 Å². The molecule has 0 aromatic rings. The van der Waals surface area contributed by atoms with E-state index in [1.54, 1.807) is 6.08 Å². The molecule has 0 N–H and O–H groups in total. The number of esters is 1. The maximum absolute atomic E-state index is 12.0. The fourth-order valence-electron chi connectivity index (χ4n) is 3.72. The van der Waals surface area contributed by atoms with Crippen molar-refractivity contribution in [2.45, 2.75) is 46.1 Å². The van der Waals surface area contributed by atoms with Crippen molar-refractivity contribution in [2.24, 2.45) is 16.7 Å². The van der Waals surface area contributed by atoms with Crippen LogP contribution in [0.4, 0.5) is 0 Å². The van der Waals surface area contributed by atoms with Gasteiger partial charge in [-0.05, 0) is 37.2 Å². The minimum atomic E-state index is -0.434. The quantitative estimate of drug-likeness (QED) is 0.330. The Morgan fingerprint density at radius 2 is 2.11 bits per heavy atom. The lowest BCUT2D eigenvalue weighted by atomic mass is 9.70. The van der Waals surface area contributed by atoms with Crippen LogP contribution in [0.15, 0.2) is 25.0 Å². The van der Waals surface area contributed by atoms with Crippen LogP contribution in [0.1, 0.15) is 40.0 Å². The highest BCUT2D eigenvalue weighted by atomic mass is 16.6. The molecule has 0 aliphatic heterocycles. The standard InChI is InChI=1S/C16H24O3/c1-6-9-18-11(2)14(17)19-13-10-12-7-8-16(13,5)15(12,3)4/h6,12-13H,1-2,7-10H2,3-5H3. The summed E-state index contributed by atoms with van der Waals surface area (Å²) < 4.78 is 10.8. The molecule has 2 fully saturated rings. The van der Waals surface area contributed by atoms with E-state index in [-0.39, 0.29) is 29.3 Å². The molecule has 3 heteroatoms. The lowest BCUT2D eigenvalue weighted by Crippen LogP contribution is -2.38. The molecule has 0 saturated heterocycles. The Hall–Kier alpha value is -1.25. The lowest BCUT2D eigenvalue weighted by molar-refractivity contribution is -0.155. The summed E-state index contributed by atoms with van der Waals surface area (Å²) in [6.45, 7) is 14.3. The largest absolute Gasteiger partial charge is 0.483 e. The second-order valence-electron chi connectivity index (χ2n) is 6.53. The summed E-state index contributed by atoms with van der Waals surface area (Å²) in [7, 11) is 0. The second kappa shape index (κ2) is 4.69. The first-order chi connectivity index (χ1) is 8.83. The van der Waals surface area contributed by atoms with Gasteiger partial charge in [0.1, 0.15) is 12.7 Å². The van der Waals surface area contributed by atoms with Gasteiger partial charge in [-0.25, -0.2) is 4.79 Å². The fourth-order valence-corrected chi connectivity index (χ4v) is 3.72. The van der Waals surface area contributed by atoms with E-state index in [4.69, 9.17) is 9.47 Å². The molecule has 0 aromatic heterocycles. The van der Waals surface area contributed by atoms with Crippen molar-refractivity contribution >= 4 is 5.97 Å². The van der Waals surface area contributed by atoms with E-state index in [1.165, 1.54) is 6.42 Å². The molecule has 0 aromatic carbocycles. The highest BCUT2D eigenvalue weighted by Crippen LogP contribution is 2.66. The molecular formula is C16H24O3. The van der Waals surface area contributed by atoms with Crippen LogP contribution in [0.25, 0.3) is 0 Å². The number of hydrogen-bond acceptors (Lipinski definition) is 3. The minimum absolute atomic E-state index is 0.0159. The van der Waals surface area contributed by atoms with Crippen LogP contribution >= 0.6 is 0 Å². The number of fused-ring (bicyclic) bond motifs is 2. The second-order valence-corrected chi connectivity index (χ2v) is 6.53. The van der Waals surface area contributed by atoms with Gasteiger partial charge in [-0.1, -0.05) is 33.4 Å². The number of carbonyl (C=O) groups excluding carboxylic acids is 1. The molecule has 2 aliphatic carbocycles. The van der Waals surface area contributed by atoms with E-state index in [9.17, 15) is 4.79 Å². The van der Waals surface area contributed by atoms with Gasteiger partial charge in [0, 0.05) is 5.41 Å². The van der Waals surface area contributed by atoms with Crippen LogP contribution in [-0.4, -0.2) is 18.7 Å². The van der Waals surface area contributed by atoms with Gasteiger partial charge in [0.2, 0.25) is 0 Å². The van der Waals surface area contributed by atoms with E-state index < -0.39 is 5.97 Å². The molecule has 2 rings (SSSR count). The molecule has 0 spiro atoms. The average Bonchev–Trinajstić information content (AvgIpc) is 2.68. The molecule has 3 nitrogen and oxygen atoms in total. The Labute approximate surface area is 115 Å². The summed E-state index contributed by atoms with van der Waals surface area (Å²) in [4.78, 5) is 12.0. The Bertz CT molecular complexity index is 410. The number of rotatable bonds is 5. The van der Waals surface area contributed by atoms with Crippen molar-refractivity contribution in [3.8, 4) is 0 Å². The van der Waals surface area contributed by atoms with Gasteiger partial charge in [-0.3, -0.25) is 0 Å². The molecule has 0 heterocycles. The Morgan fingerprint density at radius 3 is 2.58 bits per heavy atom. The van der Waals surface area contributed by atoms with Gasteiger partial charge in [0.25, 0.3) is 0 Å². The third-order valence-electron chi connectivity index (χ3n) is 5.57. The van der Waals surface area contributed by atoms with Gasteiger partial charge in [0.05, 0.1) is 0 Å². The number of ether oxygens (including phenoxy) is 2. The van der Waals surface area contributed by atoms with Crippen LogP contribution in [-0.2, 0) is 14.3 Å². The molecule has 3 atom stereocenters. The summed E-state index contributed by atoms with van der Waals surface area (Å²) >= 11 is 0. The molecule has 19 heavy (non-hydrogen) atoms. The SMILES string of the molecule is C=CCOC(=C)C(=O)OC1CC2CCC1(C)C2(C)C. The molecular weight excluding hydrogens is 240 g/mol. The summed E-state index contributed by atoms with van der Waals surface area (Å²) in [5, 5.41) is 0. The monoisotopic (exact) mass is 264 g/mol. The van der Waals surface area contributed by atoms with Crippen LogP contribution in [0.5, 0.6) is 0 Å². The van der Waals surface area contributed by atoms with Gasteiger partial charge >= 0.3 is 5.97 Å². The Morgan fingerprint density at radius 1 is 1.42 bits per heavy atom. The highest BCUT2D eigenvalue weighted by Gasteiger charge is 2.62. The van der Waals surface area contributed by atoms with Crippen molar-refractivity contribution in [1.29, 1.82) is 0 Å². The smallest absolute Gasteiger partial charge is 0.373 e. The van der Waals surface area contributed by atoms with Crippen LogP contribution in [0, 0.1) is 16.7 Å². The summed E-state index contributed by atoms with van der Waals surface area (Å²) in [5.41, 5.74) is 0.313. The van der Waals surface area contributed by atoms with Crippen molar-refractivity contribution in [1.82, 2.24) is 0 Å². The molecule has 0 radical (unpaired) electrons. The number of hydrogen-bond donors (Lipinski definition) is 0. The van der Waals surface area contributed by atoms with E-state index in [0.29, 0.717) is 5.92 Å². The molecule has 2 aliphatic rings. The molecule has 2 bridgehead atoms. The zero-order valence-corrected chi connectivity index (χ0v) is 12.2. The first-order valence-electron chi connectivity index (χ1n) is 6.96. The highest BCUT2D eigenvalue weighted by molar-refractivity contribution is 5.85. The zero-order chi connectivity index (χ0) is 14.3. The normalized spacial score (nSPS) is 34.9. The van der Waals surface area contributed by atoms with Crippen LogP contribution in [0.3, 0.4) is 0 Å². The minimum Gasteiger partial charge on any atom is -0.483 e. The number of carbonyl (C=O) groups is 1. The van der Waals surface area contributed by atoms with Gasteiger partial charge < -0.3 is 9.47 Å². The van der Waals surface area contributed by atoms with Gasteiger partial charge in [-0.15, -0.1) is 0 Å². The predicted molar refractivity (Wildman–Crippen MR) is 74.4 cm³/mol. The third-order valence-corrected chi connectivity index (χ3v) is 5.57. The third kappa shape index (κ3) is 2.09. The Balaban J connectivity index is 2.00. The summed E-state index contributed by atoms with van der Waals surface area (Å²) in [5.74, 6) is 0.290. The van der Waals surface area contributed by atoms with Crippen molar-refractivity contribution < 1.29 is 14.3 Å². The van der Waals surface area contributed by atoms with Crippen molar-refractivity contribution in [3.63, 3.8) is 0 Å². The van der Waals surface area contributed by atoms with Crippen molar-refractivity contribution in [2.75, 3.05) is 6.61 Å².